The monoisotopic (exact) mass is 335 g/mol. The highest BCUT2D eigenvalue weighted by molar-refractivity contribution is 5.83. The summed E-state index contributed by atoms with van der Waals surface area (Å²) in [6.07, 6.45) is 6.56. The van der Waals surface area contributed by atoms with Crippen molar-refractivity contribution in [1.82, 2.24) is 10.3 Å². The quantitative estimate of drug-likeness (QED) is 0.910. The van der Waals surface area contributed by atoms with Gasteiger partial charge >= 0.3 is 0 Å². The van der Waals surface area contributed by atoms with E-state index in [9.17, 15) is 4.79 Å². The molecule has 1 aromatic carbocycles. The number of nitrogens with one attached hydrogen (secondary N) is 1. The highest BCUT2D eigenvalue weighted by Crippen LogP contribution is 2.47. The van der Waals surface area contributed by atoms with Crippen molar-refractivity contribution in [3.8, 4) is 0 Å². The van der Waals surface area contributed by atoms with Gasteiger partial charge in [0.05, 0.1) is 0 Å². The Labute approximate surface area is 149 Å². The second-order valence-electron chi connectivity index (χ2n) is 7.11. The number of hydrogen-bond acceptors (Lipinski definition) is 3. The fourth-order valence-electron chi connectivity index (χ4n) is 3.83. The van der Waals surface area contributed by atoms with E-state index in [4.69, 9.17) is 0 Å². The third-order valence-electron chi connectivity index (χ3n) is 5.33. The Hall–Kier alpha value is -2.36. The van der Waals surface area contributed by atoms with E-state index in [-0.39, 0.29) is 11.8 Å². The summed E-state index contributed by atoms with van der Waals surface area (Å²) in [5, 5.41) is 3.13. The Balaban J connectivity index is 1.37. The molecular weight excluding hydrogens is 310 g/mol. The van der Waals surface area contributed by atoms with Gasteiger partial charge in [0.25, 0.3) is 0 Å². The zero-order valence-corrected chi connectivity index (χ0v) is 14.5. The average molecular weight is 335 g/mol. The summed E-state index contributed by atoms with van der Waals surface area (Å²) in [7, 11) is 0. The van der Waals surface area contributed by atoms with Gasteiger partial charge in [0, 0.05) is 37.3 Å². The molecule has 1 aliphatic heterocycles. The molecule has 0 radical (unpaired) electrons. The van der Waals surface area contributed by atoms with Gasteiger partial charge in [0.1, 0.15) is 5.82 Å². The molecule has 25 heavy (non-hydrogen) atoms. The number of rotatable bonds is 5. The van der Waals surface area contributed by atoms with Crippen LogP contribution >= 0.6 is 0 Å². The van der Waals surface area contributed by atoms with Crippen LogP contribution in [0.4, 0.5) is 5.82 Å². The van der Waals surface area contributed by atoms with Crippen molar-refractivity contribution < 1.29 is 4.79 Å². The number of amides is 1. The van der Waals surface area contributed by atoms with Crippen LogP contribution in [0.15, 0.2) is 48.7 Å². The van der Waals surface area contributed by atoms with Gasteiger partial charge in [-0.1, -0.05) is 36.4 Å². The van der Waals surface area contributed by atoms with Gasteiger partial charge in [-0.3, -0.25) is 4.79 Å². The molecule has 2 fully saturated rings. The maximum Gasteiger partial charge on any atom is 0.224 e. The molecule has 1 amide bonds. The van der Waals surface area contributed by atoms with Gasteiger partial charge in [0.2, 0.25) is 5.91 Å². The Kier molecular flexibility index (Phi) is 4.68. The fourth-order valence-corrected chi connectivity index (χ4v) is 3.83. The number of aromatic nitrogens is 1. The van der Waals surface area contributed by atoms with Crippen molar-refractivity contribution in [3.63, 3.8) is 0 Å². The molecule has 4 rings (SSSR count). The zero-order chi connectivity index (χ0) is 17.1. The van der Waals surface area contributed by atoms with Crippen LogP contribution in [-0.4, -0.2) is 24.0 Å². The van der Waals surface area contributed by atoms with Crippen LogP contribution in [0.25, 0.3) is 0 Å². The minimum Gasteiger partial charge on any atom is -0.356 e. The van der Waals surface area contributed by atoms with E-state index < -0.39 is 0 Å². The number of carbonyl (C=O) groups is 1. The van der Waals surface area contributed by atoms with Crippen molar-refractivity contribution in [1.29, 1.82) is 0 Å². The number of pyridine rings is 1. The van der Waals surface area contributed by atoms with Crippen molar-refractivity contribution in [2.45, 2.75) is 38.1 Å². The van der Waals surface area contributed by atoms with E-state index in [1.165, 1.54) is 24.8 Å². The van der Waals surface area contributed by atoms with Crippen LogP contribution in [0.2, 0.25) is 0 Å². The van der Waals surface area contributed by atoms with E-state index in [1.807, 2.05) is 30.5 Å². The van der Waals surface area contributed by atoms with E-state index in [2.05, 4.69) is 33.4 Å². The first-order valence-electron chi connectivity index (χ1n) is 9.34. The van der Waals surface area contributed by atoms with Gasteiger partial charge in [-0.25, -0.2) is 4.98 Å². The fraction of sp³-hybridized carbons (Fsp3) is 0.429. The SMILES string of the molecule is O=C(NCc1cccnc1N1CCCCC1)[C@H]1C[C@H]1c1ccccc1. The molecule has 1 saturated carbocycles. The van der Waals surface area contributed by atoms with Crippen LogP contribution < -0.4 is 10.2 Å². The van der Waals surface area contributed by atoms with E-state index in [0.717, 1.165) is 30.9 Å². The van der Waals surface area contributed by atoms with Crippen LogP contribution in [-0.2, 0) is 11.3 Å². The molecule has 2 aliphatic rings. The van der Waals surface area contributed by atoms with Crippen molar-refractivity contribution in [3.05, 3.63) is 59.8 Å². The molecule has 0 bridgehead atoms. The van der Waals surface area contributed by atoms with Crippen molar-refractivity contribution >= 4 is 11.7 Å². The first-order chi connectivity index (χ1) is 12.3. The summed E-state index contributed by atoms with van der Waals surface area (Å²) < 4.78 is 0. The number of anilines is 1. The molecule has 2 heterocycles. The van der Waals surface area contributed by atoms with Gasteiger partial charge in [-0.15, -0.1) is 0 Å². The number of carbonyl (C=O) groups excluding carboxylic acids is 1. The van der Waals surface area contributed by atoms with E-state index in [1.54, 1.807) is 0 Å². The van der Waals surface area contributed by atoms with Crippen LogP contribution in [0, 0.1) is 5.92 Å². The summed E-state index contributed by atoms with van der Waals surface area (Å²) in [5.41, 5.74) is 2.40. The summed E-state index contributed by atoms with van der Waals surface area (Å²) in [4.78, 5) is 19.4. The minimum absolute atomic E-state index is 0.123. The first-order valence-corrected chi connectivity index (χ1v) is 9.34. The highest BCUT2D eigenvalue weighted by Gasteiger charge is 2.43. The number of hydrogen-bond donors (Lipinski definition) is 1. The number of piperidine rings is 1. The molecule has 0 spiro atoms. The van der Waals surface area contributed by atoms with Crippen LogP contribution in [0.3, 0.4) is 0 Å². The number of nitrogens with zero attached hydrogens (tertiary/aromatic N) is 2. The predicted molar refractivity (Wildman–Crippen MR) is 99.4 cm³/mol. The molecule has 1 N–H and O–H groups in total. The molecule has 4 nitrogen and oxygen atoms in total. The van der Waals surface area contributed by atoms with E-state index >= 15 is 0 Å². The minimum atomic E-state index is 0.123. The average Bonchev–Trinajstić information content (AvgIpc) is 3.49. The molecule has 0 unspecified atom stereocenters. The van der Waals surface area contributed by atoms with Gasteiger partial charge in [0.15, 0.2) is 0 Å². The normalized spacial score (nSPS) is 22.5. The summed E-state index contributed by atoms with van der Waals surface area (Å²) >= 11 is 0. The Morgan fingerprint density at radius 1 is 1.08 bits per heavy atom. The molecule has 4 heteroatoms. The first kappa shape index (κ1) is 16.1. The lowest BCUT2D eigenvalue weighted by Gasteiger charge is -2.29. The van der Waals surface area contributed by atoms with Crippen molar-refractivity contribution in [2.75, 3.05) is 18.0 Å². The van der Waals surface area contributed by atoms with Gasteiger partial charge in [-0.2, -0.15) is 0 Å². The molecule has 130 valence electrons. The summed E-state index contributed by atoms with van der Waals surface area (Å²) in [5.74, 6) is 1.72. The second kappa shape index (κ2) is 7.26. The maximum atomic E-state index is 12.5. The topological polar surface area (TPSA) is 45.2 Å². The lowest BCUT2D eigenvalue weighted by molar-refractivity contribution is -0.122. The van der Waals surface area contributed by atoms with Gasteiger partial charge < -0.3 is 10.2 Å². The lowest BCUT2D eigenvalue weighted by Crippen LogP contribution is -2.32. The molecule has 1 aromatic heterocycles. The standard InChI is InChI=1S/C21H25N3O/c25-21(19-14-18(19)16-8-3-1-4-9-16)23-15-17-10-7-11-22-20(17)24-12-5-2-6-13-24/h1,3-4,7-11,18-19H,2,5-6,12-15H2,(H,23,25)/t18-,19-/m0/s1. The molecular formula is C21H25N3O. The van der Waals surface area contributed by atoms with Crippen LogP contribution in [0.5, 0.6) is 0 Å². The van der Waals surface area contributed by atoms with Gasteiger partial charge in [-0.05, 0) is 43.2 Å². The second-order valence-corrected chi connectivity index (χ2v) is 7.11. The third-order valence-corrected chi connectivity index (χ3v) is 5.33. The third kappa shape index (κ3) is 3.68. The van der Waals surface area contributed by atoms with Crippen molar-refractivity contribution in [2.24, 2.45) is 5.92 Å². The smallest absolute Gasteiger partial charge is 0.224 e. The predicted octanol–water partition coefficient (Wildman–Crippen LogP) is 3.49. The lowest BCUT2D eigenvalue weighted by atomic mass is 10.1. The molecule has 2 aromatic rings. The largest absolute Gasteiger partial charge is 0.356 e. The Bertz CT molecular complexity index is 725. The summed E-state index contributed by atoms with van der Waals surface area (Å²) in [6.45, 7) is 2.70. The summed E-state index contributed by atoms with van der Waals surface area (Å²) in [6, 6.07) is 14.4. The Morgan fingerprint density at radius 2 is 1.88 bits per heavy atom. The van der Waals surface area contributed by atoms with E-state index in [0.29, 0.717) is 12.5 Å². The Morgan fingerprint density at radius 3 is 2.68 bits per heavy atom. The molecule has 1 aliphatic carbocycles. The van der Waals surface area contributed by atoms with Crippen LogP contribution in [0.1, 0.15) is 42.7 Å². The zero-order valence-electron chi connectivity index (χ0n) is 14.5. The highest BCUT2D eigenvalue weighted by atomic mass is 16.2. The maximum absolute atomic E-state index is 12.5. The number of benzene rings is 1. The molecule has 1 saturated heterocycles. The molecule has 2 atom stereocenters.